The highest BCUT2D eigenvalue weighted by Crippen LogP contribution is 2.32. The summed E-state index contributed by atoms with van der Waals surface area (Å²) in [6.07, 6.45) is 3.47. The summed E-state index contributed by atoms with van der Waals surface area (Å²) in [5, 5.41) is 4.61. The molecule has 11 heteroatoms. The summed E-state index contributed by atoms with van der Waals surface area (Å²) in [4.78, 5) is 53.6. The normalized spacial score (nSPS) is 16.8. The van der Waals surface area contributed by atoms with Gasteiger partial charge in [-0.25, -0.2) is 4.79 Å². The molecule has 0 saturated carbocycles. The van der Waals surface area contributed by atoms with Gasteiger partial charge in [0.1, 0.15) is 11.2 Å². The lowest BCUT2D eigenvalue weighted by molar-refractivity contribution is -0.135. The number of fused-ring (bicyclic) bond motifs is 2. The third-order valence-corrected chi connectivity index (χ3v) is 7.86. The van der Waals surface area contributed by atoms with Crippen LogP contribution in [0.25, 0.3) is 10.2 Å². The Balaban J connectivity index is 1.24. The Morgan fingerprint density at radius 2 is 1.95 bits per heavy atom. The molecule has 1 aromatic carbocycles. The van der Waals surface area contributed by atoms with Crippen molar-refractivity contribution >= 4 is 33.4 Å². The second kappa shape index (κ2) is 10.8. The predicted molar refractivity (Wildman–Crippen MR) is 139 cm³/mol. The largest absolute Gasteiger partial charge is 0.454 e. The second-order valence-electron chi connectivity index (χ2n) is 9.46. The van der Waals surface area contributed by atoms with Crippen LogP contribution in [0.2, 0.25) is 0 Å². The molecular weight excluding hydrogens is 496 g/mol. The first-order chi connectivity index (χ1) is 17.9. The minimum atomic E-state index is -0.519. The zero-order chi connectivity index (χ0) is 25.9. The lowest BCUT2D eigenvalue weighted by Gasteiger charge is -2.33. The van der Waals surface area contributed by atoms with Crippen LogP contribution in [0.15, 0.2) is 39.2 Å². The zero-order valence-electron chi connectivity index (χ0n) is 20.7. The maximum absolute atomic E-state index is 13.3. The number of carbonyl (C=O) groups is 2. The average Bonchev–Trinajstić information content (AvgIpc) is 3.57. The predicted octanol–water partition coefficient (Wildman–Crippen LogP) is 2.45. The van der Waals surface area contributed by atoms with E-state index in [0.29, 0.717) is 41.2 Å². The van der Waals surface area contributed by atoms with Gasteiger partial charge in [0.25, 0.3) is 5.56 Å². The Labute approximate surface area is 217 Å². The number of thiophene rings is 1. The van der Waals surface area contributed by atoms with Crippen molar-refractivity contribution in [2.24, 2.45) is 0 Å². The minimum Gasteiger partial charge on any atom is -0.454 e. The molecule has 1 N–H and O–H groups in total. The lowest BCUT2D eigenvalue weighted by Crippen LogP contribution is -2.47. The Morgan fingerprint density at radius 3 is 2.78 bits per heavy atom. The lowest BCUT2D eigenvalue weighted by atomic mass is 10.0. The van der Waals surface area contributed by atoms with Crippen molar-refractivity contribution in [3.63, 3.8) is 0 Å². The van der Waals surface area contributed by atoms with Crippen molar-refractivity contribution in [3.8, 4) is 11.5 Å². The van der Waals surface area contributed by atoms with Gasteiger partial charge in [0.2, 0.25) is 18.6 Å². The molecule has 2 aliphatic rings. The van der Waals surface area contributed by atoms with E-state index in [4.69, 9.17) is 9.47 Å². The summed E-state index contributed by atoms with van der Waals surface area (Å²) in [7, 11) is 0. The van der Waals surface area contributed by atoms with E-state index < -0.39 is 5.69 Å². The van der Waals surface area contributed by atoms with Gasteiger partial charge in [-0.1, -0.05) is 6.07 Å². The molecule has 0 aliphatic carbocycles. The Bertz CT molecular complexity index is 1440. The number of carbonyl (C=O) groups excluding carboxylic acids is 2. The summed E-state index contributed by atoms with van der Waals surface area (Å²) in [6.45, 7) is 3.22. The number of ether oxygens (including phenoxy) is 2. The van der Waals surface area contributed by atoms with Crippen molar-refractivity contribution in [3.05, 3.63) is 56.0 Å². The van der Waals surface area contributed by atoms with Crippen LogP contribution in [-0.2, 0) is 29.2 Å². The van der Waals surface area contributed by atoms with Gasteiger partial charge in [-0.15, -0.1) is 11.3 Å². The highest BCUT2D eigenvalue weighted by molar-refractivity contribution is 7.17. The molecule has 2 aliphatic heterocycles. The summed E-state index contributed by atoms with van der Waals surface area (Å²) < 4.78 is 13.6. The van der Waals surface area contributed by atoms with E-state index in [1.54, 1.807) is 17.5 Å². The molecule has 5 rings (SSSR count). The Kier molecular flexibility index (Phi) is 7.31. The molecule has 0 radical (unpaired) electrons. The summed E-state index contributed by atoms with van der Waals surface area (Å²) in [6, 6.07) is 7.34. The number of benzene rings is 1. The van der Waals surface area contributed by atoms with Gasteiger partial charge >= 0.3 is 5.69 Å². The Hall–Kier alpha value is -3.60. The van der Waals surface area contributed by atoms with Crippen LogP contribution >= 0.6 is 11.3 Å². The van der Waals surface area contributed by atoms with E-state index in [9.17, 15) is 19.2 Å². The molecule has 4 heterocycles. The average molecular weight is 527 g/mol. The van der Waals surface area contributed by atoms with Gasteiger partial charge in [-0.2, -0.15) is 0 Å². The first-order valence-electron chi connectivity index (χ1n) is 12.6. The van der Waals surface area contributed by atoms with Crippen LogP contribution in [-0.4, -0.2) is 45.2 Å². The van der Waals surface area contributed by atoms with E-state index in [1.807, 2.05) is 24.0 Å². The third-order valence-electron chi connectivity index (χ3n) is 6.97. The van der Waals surface area contributed by atoms with Crippen LogP contribution < -0.4 is 26.0 Å². The van der Waals surface area contributed by atoms with Crippen molar-refractivity contribution in [2.75, 3.05) is 13.3 Å². The van der Waals surface area contributed by atoms with Crippen molar-refractivity contribution in [1.29, 1.82) is 0 Å². The van der Waals surface area contributed by atoms with Gasteiger partial charge in [-0.05, 0) is 61.7 Å². The minimum absolute atomic E-state index is 0.0945. The number of likely N-dealkylation sites (tertiary alicyclic amines) is 1. The second-order valence-corrected chi connectivity index (χ2v) is 10.4. The molecule has 1 unspecified atom stereocenters. The van der Waals surface area contributed by atoms with E-state index in [1.165, 1.54) is 15.9 Å². The fourth-order valence-electron chi connectivity index (χ4n) is 4.92. The maximum atomic E-state index is 13.3. The number of hydrogen-bond acceptors (Lipinski definition) is 7. The van der Waals surface area contributed by atoms with Gasteiger partial charge in [0, 0.05) is 32.1 Å². The van der Waals surface area contributed by atoms with E-state index in [-0.39, 0.29) is 49.7 Å². The smallest absolute Gasteiger partial charge is 0.332 e. The fraction of sp³-hybridized carbons (Fsp3) is 0.462. The van der Waals surface area contributed by atoms with Crippen LogP contribution in [0.5, 0.6) is 11.5 Å². The number of amides is 2. The molecule has 2 aromatic heterocycles. The highest BCUT2D eigenvalue weighted by Gasteiger charge is 2.25. The molecule has 196 valence electrons. The highest BCUT2D eigenvalue weighted by atomic mass is 32.1. The van der Waals surface area contributed by atoms with Crippen LogP contribution in [0, 0.1) is 0 Å². The van der Waals surface area contributed by atoms with Crippen molar-refractivity contribution in [2.45, 2.75) is 64.7 Å². The molecule has 1 fully saturated rings. The standard InChI is InChI=1S/C26H30N4O6S/c1-17-5-2-3-10-28(17)23(32)15-30-19-9-12-37-24(19)25(33)29(26(30)34)11-4-6-22(31)27-14-18-7-8-20-21(13-18)36-16-35-20/h7-9,12-13,17H,2-6,10-11,14-16H2,1H3,(H,27,31). The fourth-order valence-corrected chi connectivity index (χ4v) is 5.76. The number of aromatic nitrogens is 2. The first-order valence-corrected chi connectivity index (χ1v) is 13.5. The Morgan fingerprint density at radius 1 is 1.11 bits per heavy atom. The molecular formula is C26H30N4O6S. The number of rotatable bonds is 8. The number of nitrogens with one attached hydrogen (secondary N) is 1. The van der Waals surface area contributed by atoms with Gasteiger partial charge < -0.3 is 19.7 Å². The molecule has 1 saturated heterocycles. The molecule has 2 amide bonds. The number of hydrogen-bond donors (Lipinski definition) is 1. The van der Waals surface area contributed by atoms with E-state index in [0.717, 1.165) is 29.4 Å². The molecule has 37 heavy (non-hydrogen) atoms. The third kappa shape index (κ3) is 5.27. The quantitative estimate of drug-likeness (QED) is 0.483. The van der Waals surface area contributed by atoms with Gasteiger partial charge in [0.05, 0.1) is 5.52 Å². The van der Waals surface area contributed by atoms with Crippen LogP contribution in [0.3, 0.4) is 0 Å². The molecule has 3 aromatic rings. The maximum Gasteiger partial charge on any atom is 0.332 e. The van der Waals surface area contributed by atoms with Gasteiger partial charge in [-0.3, -0.25) is 23.5 Å². The van der Waals surface area contributed by atoms with Crippen molar-refractivity contribution < 1.29 is 19.1 Å². The summed E-state index contributed by atoms with van der Waals surface area (Å²) >= 11 is 1.25. The topological polar surface area (TPSA) is 112 Å². The number of nitrogens with zero attached hydrogens (tertiary/aromatic N) is 3. The van der Waals surface area contributed by atoms with Gasteiger partial charge in [0.15, 0.2) is 11.5 Å². The SMILES string of the molecule is CC1CCCCN1C(=O)Cn1c(=O)n(CCCC(=O)NCc2ccc3c(c2)OCO3)c(=O)c2sccc21. The van der Waals surface area contributed by atoms with Crippen molar-refractivity contribution in [1.82, 2.24) is 19.4 Å². The molecule has 10 nitrogen and oxygen atoms in total. The molecule has 1 atom stereocenters. The monoisotopic (exact) mass is 526 g/mol. The summed E-state index contributed by atoms with van der Waals surface area (Å²) in [5.41, 5.74) is 0.462. The molecule has 0 spiro atoms. The van der Waals surface area contributed by atoms with Crippen LogP contribution in [0.4, 0.5) is 0 Å². The summed E-state index contributed by atoms with van der Waals surface area (Å²) in [5.74, 6) is 1.04. The zero-order valence-corrected chi connectivity index (χ0v) is 21.6. The van der Waals surface area contributed by atoms with E-state index >= 15 is 0 Å². The first kappa shape index (κ1) is 25.1. The molecule has 0 bridgehead atoms. The number of piperidine rings is 1. The van der Waals surface area contributed by atoms with Crippen LogP contribution in [0.1, 0.15) is 44.6 Å². The van der Waals surface area contributed by atoms with E-state index in [2.05, 4.69) is 5.32 Å².